The van der Waals surface area contributed by atoms with Gasteiger partial charge in [0, 0.05) is 28.2 Å². The summed E-state index contributed by atoms with van der Waals surface area (Å²) < 4.78 is 0. The van der Waals surface area contributed by atoms with Gasteiger partial charge in [0.1, 0.15) is 6.10 Å². The molecule has 6 nitrogen and oxygen atoms in total. The molecule has 5 N–H and O–H groups in total. The SMILES string of the molecule is CC1(O)CC23CC(O)C4=C(C(=O)C(O)C4(C)C)C(C)(O)C2CCC1C3O. The van der Waals surface area contributed by atoms with E-state index >= 15 is 0 Å². The molecule has 0 amide bonds. The first kappa shape index (κ1) is 18.6. The Morgan fingerprint density at radius 2 is 1.62 bits per heavy atom. The van der Waals surface area contributed by atoms with Gasteiger partial charge in [-0.15, -0.1) is 0 Å². The molecule has 4 aliphatic carbocycles. The van der Waals surface area contributed by atoms with Crippen LogP contribution in [-0.2, 0) is 4.79 Å². The van der Waals surface area contributed by atoms with Crippen LogP contribution >= 0.6 is 0 Å². The molecule has 0 heterocycles. The van der Waals surface area contributed by atoms with Crippen molar-refractivity contribution in [1.29, 1.82) is 0 Å². The van der Waals surface area contributed by atoms with Crippen LogP contribution in [0.15, 0.2) is 11.1 Å². The largest absolute Gasteiger partial charge is 0.392 e. The van der Waals surface area contributed by atoms with Gasteiger partial charge in [-0.3, -0.25) is 4.79 Å². The predicted molar refractivity (Wildman–Crippen MR) is 93.0 cm³/mol. The number of hydrogen-bond acceptors (Lipinski definition) is 6. The van der Waals surface area contributed by atoms with Crippen LogP contribution in [0.3, 0.4) is 0 Å². The summed E-state index contributed by atoms with van der Waals surface area (Å²) in [5, 5.41) is 55.1. The zero-order valence-corrected chi connectivity index (χ0v) is 15.9. The summed E-state index contributed by atoms with van der Waals surface area (Å²) in [6.07, 6.45) is -1.64. The average molecular weight is 366 g/mol. The van der Waals surface area contributed by atoms with E-state index in [1.54, 1.807) is 27.7 Å². The molecule has 6 heteroatoms. The Kier molecular flexibility index (Phi) is 3.55. The zero-order chi connectivity index (χ0) is 19.4. The number of aliphatic hydroxyl groups excluding tert-OH is 3. The van der Waals surface area contributed by atoms with E-state index in [2.05, 4.69) is 0 Å². The van der Waals surface area contributed by atoms with E-state index in [9.17, 15) is 30.3 Å². The van der Waals surface area contributed by atoms with Crippen molar-refractivity contribution in [2.45, 2.75) is 82.9 Å². The Hall–Kier alpha value is -0.790. The van der Waals surface area contributed by atoms with Gasteiger partial charge in [0.25, 0.3) is 0 Å². The second-order valence-corrected chi connectivity index (χ2v) is 10.1. The van der Waals surface area contributed by atoms with Crippen molar-refractivity contribution in [1.82, 2.24) is 0 Å². The number of fused-ring (bicyclic) bond motifs is 1. The molecule has 8 atom stereocenters. The highest BCUT2D eigenvalue weighted by Gasteiger charge is 2.70. The Balaban J connectivity index is 1.92. The molecule has 2 bridgehead atoms. The van der Waals surface area contributed by atoms with Crippen LogP contribution in [0.5, 0.6) is 0 Å². The van der Waals surface area contributed by atoms with Crippen molar-refractivity contribution >= 4 is 5.78 Å². The van der Waals surface area contributed by atoms with Crippen molar-refractivity contribution in [3.63, 3.8) is 0 Å². The third-order valence-corrected chi connectivity index (χ3v) is 8.15. The van der Waals surface area contributed by atoms with Gasteiger partial charge >= 0.3 is 0 Å². The van der Waals surface area contributed by atoms with E-state index in [4.69, 9.17) is 0 Å². The molecular formula is C20H30O6. The Morgan fingerprint density at radius 3 is 2.23 bits per heavy atom. The first-order valence-electron chi connectivity index (χ1n) is 9.57. The van der Waals surface area contributed by atoms with Crippen LogP contribution in [0.1, 0.15) is 53.4 Å². The number of rotatable bonds is 0. The van der Waals surface area contributed by atoms with Gasteiger partial charge in [0.15, 0.2) is 5.78 Å². The summed E-state index contributed by atoms with van der Waals surface area (Å²) in [6, 6.07) is 0. The molecule has 2 saturated carbocycles. The molecule has 1 spiro atoms. The molecule has 0 aromatic heterocycles. The number of Topliss-reactive ketones (excluding diaryl/α,β-unsaturated/α-hetero) is 1. The van der Waals surface area contributed by atoms with E-state index in [0.29, 0.717) is 18.4 Å². The molecule has 0 radical (unpaired) electrons. The molecule has 0 saturated heterocycles. The maximum atomic E-state index is 12.9. The lowest BCUT2D eigenvalue weighted by Gasteiger charge is -2.50. The molecule has 26 heavy (non-hydrogen) atoms. The Morgan fingerprint density at radius 1 is 1.00 bits per heavy atom. The van der Waals surface area contributed by atoms with Crippen LogP contribution < -0.4 is 0 Å². The fourth-order valence-corrected chi connectivity index (χ4v) is 7.07. The number of carbonyl (C=O) groups excluding carboxylic acids is 1. The molecule has 4 aliphatic rings. The standard InChI is InChI=1S/C20H30O6/c1-17(2)12-10(21)7-20-8-18(3,25)9(15(20)23)5-6-11(20)19(4,26)13(12)14(22)16(17)24/h9-11,15-16,21,23-26H,5-8H2,1-4H3. The minimum Gasteiger partial charge on any atom is -0.392 e. The molecule has 2 fully saturated rings. The molecule has 146 valence electrons. The van der Waals surface area contributed by atoms with Gasteiger partial charge in [0.2, 0.25) is 0 Å². The number of carbonyl (C=O) groups is 1. The van der Waals surface area contributed by atoms with Gasteiger partial charge in [-0.25, -0.2) is 0 Å². The van der Waals surface area contributed by atoms with Gasteiger partial charge in [0.05, 0.1) is 23.4 Å². The smallest absolute Gasteiger partial charge is 0.191 e. The van der Waals surface area contributed by atoms with Crippen molar-refractivity contribution < 1.29 is 30.3 Å². The summed E-state index contributed by atoms with van der Waals surface area (Å²) in [4.78, 5) is 12.9. The predicted octanol–water partition coefficient (Wildman–Crippen LogP) is 0.297. The van der Waals surface area contributed by atoms with Crippen LogP contribution in [0.4, 0.5) is 0 Å². The van der Waals surface area contributed by atoms with Gasteiger partial charge in [-0.1, -0.05) is 13.8 Å². The molecule has 0 aromatic carbocycles. The van der Waals surface area contributed by atoms with Gasteiger partial charge in [-0.2, -0.15) is 0 Å². The maximum Gasteiger partial charge on any atom is 0.191 e. The van der Waals surface area contributed by atoms with E-state index in [0.717, 1.165) is 0 Å². The molecule has 0 aromatic rings. The van der Waals surface area contributed by atoms with E-state index in [1.165, 1.54) is 0 Å². The van der Waals surface area contributed by atoms with Gasteiger partial charge < -0.3 is 25.5 Å². The van der Waals surface area contributed by atoms with Crippen LogP contribution in [0, 0.1) is 22.7 Å². The lowest BCUT2D eigenvalue weighted by atomic mass is 9.58. The van der Waals surface area contributed by atoms with E-state index in [1.807, 2.05) is 0 Å². The fourth-order valence-electron chi connectivity index (χ4n) is 7.07. The van der Waals surface area contributed by atoms with Crippen molar-refractivity contribution in [3.8, 4) is 0 Å². The highest BCUT2D eigenvalue weighted by atomic mass is 16.3. The van der Waals surface area contributed by atoms with Gasteiger partial charge in [-0.05, 0) is 45.1 Å². The number of ketones is 1. The minimum atomic E-state index is -1.58. The molecule has 8 unspecified atom stereocenters. The van der Waals surface area contributed by atoms with Crippen LogP contribution in [-0.4, -0.2) is 60.8 Å². The molecule has 0 aliphatic heterocycles. The normalized spacial score (nSPS) is 55.6. The maximum absolute atomic E-state index is 12.9. The molecule has 4 rings (SSSR count). The van der Waals surface area contributed by atoms with Crippen molar-refractivity contribution in [2.75, 3.05) is 0 Å². The Labute approximate surface area is 153 Å². The van der Waals surface area contributed by atoms with Crippen LogP contribution in [0.2, 0.25) is 0 Å². The monoisotopic (exact) mass is 366 g/mol. The lowest BCUT2D eigenvalue weighted by molar-refractivity contribution is -0.140. The van der Waals surface area contributed by atoms with Crippen LogP contribution in [0.25, 0.3) is 0 Å². The van der Waals surface area contributed by atoms with Crippen molar-refractivity contribution in [2.24, 2.45) is 22.7 Å². The summed E-state index contributed by atoms with van der Waals surface area (Å²) >= 11 is 0. The number of aliphatic hydroxyl groups is 5. The summed E-state index contributed by atoms with van der Waals surface area (Å²) in [5.74, 6) is -1.31. The third kappa shape index (κ3) is 1.92. The summed E-state index contributed by atoms with van der Waals surface area (Å²) in [7, 11) is 0. The quantitative estimate of drug-likeness (QED) is 0.421. The third-order valence-electron chi connectivity index (χ3n) is 8.15. The highest BCUT2D eigenvalue weighted by molar-refractivity contribution is 6.05. The minimum absolute atomic E-state index is 0.113. The first-order chi connectivity index (χ1) is 11.8. The summed E-state index contributed by atoms with van der Waals surface area (Å²) in [6.45, 7) is 6.69. The summed E-state index contributed by atoms with van der Waals surface area (Å²) in [5.41, 5.74) is -3.99. The van der Waals surface area contributed by atoms with Crippen molar-refractivity contribution in [3.05, 3.63) is 11.1 Å². The van der Waals surface area contributed by atoms with E-state index in [-0.39, 0.29) is 24.3 Å². The highest BCUT2D eigenvalue weighted by Crippen LogP contribution is 2.67. The number of hydrogen-bond donors (Lipinski definition) is 5. The van der Waals surface area contributed by atoms with E-state index < -0.39 is 52.0 Å². The lowest BCUT2D eigenvalue weighted by Crippen LogP contribution is -2.54. The fraction of sp³-hybridized carbons (Fsp3) is 0.850. The Bertz CT molecular complexity index is 705. The average Bonchev–Trinajstić information content (AvgIpc) is 2.70. The molecular weight excluding hydrogens is 336 g/mol. The zero-order valence-electron chi connectivity index (χ0n) is 15.9. The first-order valence-corrected chi connectivity index (χ1v) is 9.57. The second-order valence-electron chi connectivity index (χ2n) is 10.1. The topological polar surface area (TPSA) is 118 Å². The second kappa shape index (κ2) is 4.97.